The fourth-order valence-electron chi connectivity index (χ4n) is 2.02. The second-order valence-electron chi connectivity index (χ2n) is 4.38. The Morgan fingerprint density at radius 2 is 1.94 bits per heavy atom. The van der Waals surface area contributed by atoms with Crippen LogP contribution in [-0.2, 0) is 0 Å². The van der Waals surface area contributed by atoms with Crippen molar-refractivity contribution in [2.75, 3.05) is 6.54 Å². The zero-order valence-corrected chi connectivity index (χ0v) is 10.7. The summed E-state index contributed by atoms with van der Waals surface area (Å²) in [4.78, 5) is 0. The molecule has 0 spiro atoms. The van der Waals surface area contributed by atoms with E-state index in [0.29, 0.717) is 6.04 Å². The van der Waals surface area contributed by atoms with Crippen molar-refractivity contribution in [3.05, 3.63) is 29.8 Å². The standard InChI is InChI=1S/C13H19NO.ClH/c1-10(2)15-12-7-5-11(6-8-12)13-4-3-9-14-13;/h5-8,10,13-14H,3-4,9H2,1-2H3;1H/t13-;/m0./s1. The molecule has 90 valence electrons. The van der Waals surface area contributed by atoms with Crippen molar-refractivity contribution in [2.45, 2.75) is 38.8 Å². The SMILES string of the molecule is CC(C)Oc1ccc([C@@H]2CCCN2)cc1.Cl. The Hall–Kier alpha value is -0.730. The monoisotopic (exact) mass is 241 g/mol. The molecular formula is C13H20ClNO. The zero-order valence-electron chi connectivity index (χ0n) is 9.90. The average molecular weight is 242 g/mol. The van der Waals surface area contributed by atoms with Gasteiger partial charge in [-0.25, -0.2) is 0 Å². The molecule has 0 bridgehead atoms. The molecule has 2 nitrogen and oxygen atoms in total. The van der Waals surface area contributed by atoms with Crippen molar-refractivity contribution in [1.29, 1.82) is 0 Å². The lowest BCUT2D eigenvalue weighted by atomic mass is 10.1. The average Bonchev–Trinajstić information content (AvgIpc) is 2.71. The van der Waals surface area contributed by atoms with Gasteiger partial charge in [-0.15, -0.1) is 12.4 Å². The predicted molar refractivity (Wildman–Crippen MR) is 69.4 cm³/mol. The van der Waals surface area contributed by atoms with Crippen LogP contribution >= 0.6 is 12.4 Å². The molecule has 0 radical (unpaired) electrons. The van der Waals surface area contributed by atoms with E-state index in [1.165, 1.54) is 18.4 Å². The van der Waals surface area contributed by atoms with E-state index >= 15 is 0 Å². The molecule has 0 saturated carbocycles. The summed E-state index contributed by atoms with van der Waals surface area (Å²) in [6, 6.07) is 9.02. The molecule has 0 unspecified atom stereocenters. The molecule has 0 amide bonds. The van der Waals surface area contributed by atoms with Gasteiger partial charge in [0.1, 0.15) is 5.75 Å². The van der Waals surface area contributed by atoms with Crippen molar-refractivity contribution in [3.8, 4) is 5.75 Å². The molecule has 0 aliphatic carbocycles. The van der Waals surface area contributed by atoms with Gasteiger partial charge in [0.2, 0.25) is 0 Å². The van der Waals surface area contributed by atoms with E-state index in [1.807, 2.05) is 13.8 Å². The predicted octanol–water partition coefficient (Wildman–Crippen LogP) is 3.32. The second-order valence-corrected chi connectivity index (χ2v) is 4.38. The number of hydrogen-bond donors (Lipinski definition) is 1. The summed E-state index contributed by atoms with van der Waals surface area (Å²) in [6.07, 6.45) is 2.79. The smallest absolute Gasteiger partial charge is 0.119 e. The van der Waals surface area contributed by atoms with Gasteiger partial charge in [-0.05, 0) is 50.9 Å². The van der Waals surface area contributed by atoms with Crippen LogP contribution in [0.4, 0.5) is 0 Å². The number of hydrogen-bond acceptors (Lipinski definition) is 2. The number of rotatable bonds is 3. The van der Waals surface area contributed by atoms with Crippen LogP contribution in [0.2, 0.25) is 0 Å². The van der Waals surface area contributed by atoms with Gasteiger partial charge in [0.25, 0.3) is 0 Å². The third kappa shape index (κ3) is 3.39. The third-order valence-corrected chi connectivity index (χ3v) is 2.71. The van der Waals surface area contributed by atoms with Crippen LogP contribution in [0, 0.1) is 0 Å². The molecule has 1 atom stereocenters. The molecule has 1 aliphatic rings. The van der Waals surface area contributed by atoms with E-state index in [1.54, 1.807) is 0 Å². The third-order valence-electron chi connectivity index (χ3n) is 2.71. The Balaban J connectivity index is 0.00000128. The van der Waals surface area contributed by atoms with Crippen LogP contribution in [-0.4, -0.2) is 12.6 Å². The summed E-state index contributed by atoms with van der Waals surface area (Å²) in [5.74, 6) is 0.965. The molecule has 1 aromatic carbocycles. The maximum atomic E-state index is 5.61. The van der Waals surface area contributed by atoms with Crippen LogP contribution in [0.5, 0.6) is 5.75 Å². The second kappa shape index (κ2) is 6.12. The van der Waals surface area contributed by atoms with Crippen LogP contribution in [0.25, 0.3) is 0 Å². The summed E-state index contributed by atoms with van der Waals surface area (Å²) in [7, 11) is 0. The lowest BCUT2D eigenvalue weighted by Crippen LogP contribution is -2.12. The Bertz CT molecular complexity index is 304. The van der Waals surface area contributed by atoms with Gasteiger partial charge < -0.3 is 10.1 Å². The van der Waals surface area contributed by atoms with E-state index in [0.717, 1.165) is 12.3 Å². The largest absolute Gasteiger partial charge is 0.491 e. The molecule has 1 aromatic rings. The van der Waals surface area contributed by atoms with Gasteiger partial charge in [-0.1, -0.05) is 12.1 Å². The summed E-state index contributed by atoms with van der Waals surface area (Å²) in [5.41, 5.74) is 1.38. The highest BCUT2D eigenvalue weighted by molar-refractivity contribution is 5.85. The molecule has 2 rings (SSSR count). The Labute approximate surface area is 104 Å². The van der Waals surface area contributed by atoms with Gasteiger partial charge >= 0.3 is 0 Å². The number of benzene rings is 1. The maximum absolute atomic E-state index is 5.61. The number of nitrogens with one attached hydrogen (secondary N) is 1. The summed E-state index contributed by atoms with van der Waals surface area (Å²) >= 11 is 0. The van der Waals surface area contributed by atoms with E-state index < -0.39 is 0 Å². The zero-order chi connectivity index (χ0) is 10.7. The first-order chi connectivity index (χ1) is 7.25. The molecule has 3 heteroatoms. The van der Waals surface area contributed by atoms with Crippen molar-refractivity contribution in [1.82, 2.24) is 5.32 Å². The molecule has 1 heterocycles. The van der Waals surface area contributed by atoms with Crippen LogP contribution in [0.3, 0.4) is 0 Å². The summed E-state index contributed by atoms with van der Waals surface area (Å²) < 4.78 is 5.61. The Morgan fingerprint density at radius 3 is 2.44 bits per heavy atom. The van der Waals surface area contributed by atoms with Crippen molar-refractivity contribution in [2.24, 2.45) is 0 Å². The summed E-state index contributed by atoms with van der Waals surface area (Å²) in [5, 5.41) is 3.49. The van der Waals surface area contributed by atoms with Gasteiger partial charge in [0.15, 0.2) is 0 Å². The first-order valence-corrected chi connectivity index (χ1v) is 5.76. The number of ether oxygens (including phenoxy) is 1. The van der Waals surface area contributed by atoms with Crippen molar-refractivity contribution >= 4 is 12.4 Å². The van der Waals surface area contributed by atoms with Gasteiger partial charge in [0, 0.05) is 6.04 Å². The Morgan fingerprint density at radius 1 is 1.25 bits per heavy atom. The molecule has 1 N–H and O–H groups in total. The first-order valence-electron chi connectivity index (χ1n) is 5.76. The van der Waals surface area contributed by atoms with Crippen LogP contribution < -0.4 is 10.1 Å². The van der Waals surface area contributed by atoms with Gasteiger partial charge in [-0.2, -0.15) is 0 Å². The highest BCUT2D eigenvalue weighted by Crippen LogP contribution is 2.24. The van der Waals surface area contributed by atoms with Crippen LogP contribution in [0.15, 0.2) is 24.3 Å². The molecule has 1 fully saturated rings. The quantitative estimate of drug-likeness (QED) is 0.877. The minimum atomic E-state index is 0. The van der Waals surface area contributed by atoms with Crippen molar-refractivity contribution < 1.29 is 4.74 Å². The van der Waals surface area contributed by atoms with Gasteiger partial charge in [0.05, 0.1) is 6.10 Å². The lowest BCUT2D eigenvalue weighted by molar-refractivity contribution is 0.242. The van der Waals surface area contributed by atoms with E-state index in [9.17, 15) is 0 Å². The number of halogens is 1. The first kappa shape index (κ1) is 13.3. The molecular weight excluding hydrogens is 222 g/mol. The fraction of sp³-hybridized carbons (Fsp3) is 0.538. The van der Waals surface area contributed by atoms with E-state index in [2.05, 4.69) is 29.6 Å². The highest BCUT2D eigenvalue weighted by atomic mass is 35.5. The lowest BCUT2D eigenvalue weighted by Gasteiger charge is -2.13. The summed E-state index contributed by atoms with van der Waals surface area (Å²) in [6.45, 7) is 5.24. The molecule has 1 aliphatic heterocycles. The molecule has 1 saturated heterocycles. The maximum Gasteiger partial charge on any atom is 0.119 e. The van der Waals surface area contributed by atoms with E-state index in [-0.39, 0.29) is 18.5 Å². The molecule has 0 aromatic heterocycles. The minimum Gasteiger partial charge on any atom is -0.491 e. The van der Waals surface area contributed by atoms with Gasteiger partial charge in [-0.3, -0.25) is 0 Å². The minimum absolute atomic E-state index is 0. The highest BCUT2D eigenvalue weighted by Gasteiger charge is 2.15. The van der Waals surface area contributed by atoms with Crippen LogP contribution in [0.1, 0.15) is 38.3 Å². The Kier molecular flexibility index (Phi) is 5.10. The topological polar surface area (TPSA) is 21.3 Å². The van der Waals surface area contributed by atoms with Crippen molar-refractivity contribution in [3.63, 3.8) is 0 Å². The van der Waals surface area contributed by atoms with E-state index in [4.69, 9.17) is 4.74 Å². The fourth-order valence-corrected chi connectivity index (χ4v) is 2.02. The normalized spacial score (nSPS) is 19.6. The molecule has 16 heavy (non-hydrogen) atoms.